The first-order valence-electron chi connectivity index (χ1n) is 3.91. The topological polar surface area (TPSA) is 0 Å². The lowest BCUT2D eigenvalue weighted by molar-refractivity contribution is -0.140. The second-order valence-corrected chi connectivity index (χ2v) is 3.23. The molecule has 0 aliphatic rings. The molecule has 1 aromatic rings. The quantitative estimate of drug-likeness (QED) is 0.578. The van der Waals surface area contributed by atoms with Gasteiger partial charge in [0, 0.05) is 0 Å². The van der Waals surface area contributed by atoms with Crippen LogP contribution < -0.4 is 0 Å². The number of hydrogen-bond donors (Lipinski definition) is 1. The Morgan fingerprint density at radius 2 is 1.86 bits per heavy atom. The molecule has 0 nitrogen and oxygen atoms in total. The standard InChI is InChI=1S/C9H8F4S/c10-8-5-6(3-4-14)1-2-7(8)9(11,12)13/h1-2,5,14H,3-4H2. The first-order valence-corrected chi connectivity index (χ1v) is 4.55. The molecule has 0 bridgehead atoms. The molecule has 0 saturated heterocycles. The van der Waals surface area contributed by atoms with Crippen LogP contribution in [0, 0.1) is 5.82 Å². The van der Waals surface area contributed by atoms with Crippen LogP contribution in [0.4, 0.5) is 17.6 Å². The molecule has 1 rings (SSSR count). The van der Waals surface area contributed by atoms with E-state index >= 15 is 0 Å². The zero-order chi connectivity index (χ0) is 10.8. The fourth-order valence-electron chi connectivity index (χ4n) is 1.07. The molecule has 5 heteroatoms. The fourth-order valence-corrected chi connectivity index (χ4v) is 1.33. The molecule has 0 heterocycles. The molecule has 0 fully saturated rings. The zero-order valence-electron chi connectivity index (χ0n) is 7.11. The Balaban J connectivity index is 3.02. The average Bonchev–Trinajstić information content (AvgIpc) is 2.02. The third kappa shape index (κ3) is 2.64. The van der Waals surface area contributed by atoms with E-state index < -0.39 is 17.6 Å². The summed E-state index contributed by atoms with van der Waals surface area (Å²) in [4.78, 5) is 0. The lowest BCUT2D eigenvalue weighted by Crippen LogP contribution is -2.08. The SMILES string of the molecule is Fc1cc(CCS)ccc1C(F)(F)F. The van der Waals surface area contributed by atoms with Gasteiger partial charge in [0.2, 0.25) is 0 Å². The molecule has 14 heavy (non-hydrogen) atoms. The van der Waals surface area contributed by atoms with Gasteiger partial charge in [-0.25, -0.2) is 4.39 Å². The van der Waals surface area contributed by atoms with Crippen molar-refractivity contribution in [1.29, 1.82) is 0 Å². The predicted octanol–water partition coefficient (Wildman–Crippen LogP) is 3.32. The first kappa shape index (κ1) is 11.4. The third-order valence-electron chi connectivity index (χ3n) is 1.74. The summed E-state index contributed by atoms with van der Waals surface area (Å²) in [7, 11) is 0. The molecule has 0 saturated carbocycles. The Morgan fingerprint density at radius 3 is 2.29 bits per heavy atom. The van der Waals surface area contributed by atoms with Crippen LogP contribution in [0.3, 0.4) is 0 Å². The van der Waals surface area contributed by atoms with Crippen LogP contribution in [-0.2, 0) is 12.6 Å². The van der Waals surface area contributed by atoms with Gasteiger partial charge in [0.25, 0.3) is 0 Å². The van der Waals surface area contributed by atoms with Gasteiger partial charge in [0.15, 0.2) is 0 Å². The van der Waals surface area contributed by atoms with Gasteiger partial charge in [-0.05, 0) is 29.9 Å². The Kier molecular flexibility index (Phi) is 3.42. The largest absolute Gasteiger partial charge is 0.419 e. The number of halogens is 4. The third-order valence-corrected chi connectivity index (χ3v) is 1.96. The lowest BCUT2D eigenvalue weighted by atomic mass is 10.1. The minimum absolute atomic E-state index is 0.457. The van der Waals surface area contributed by atoms with E-state index in [0.29, 0.717) is 17.7 Å². The van der Waals surface area contributed by atoms with Gasteiger partial charge in [0.1, 0.15) is 5.82 Å². The number of thiol groups is 1. The van der Waals surface area contributed by atoms with Crippen LogP contribution in [0.25, 0.3) is 0 Å². The molecule has 0 spiro atoms. The summed E-state index contributed by atoms with van der Waals surface area (Å²) in [5, 5.41) is 0. The van der Waals surface area contributed by atoms with Crippen LogP contribution in [0.2, 0.25) is 0 Å². The summed E-state index contributed by atoms with van der Waals surface area (Å²) in [6, 6.07) is 2.93. The van der Waals surface area contributed by atoms with E-state index in [1.54, 1.807) is 0 Å². The van der Waals surface area contributed by atoms with Crippen LogP contribution in [0.1, 0.15) is 11.1 Å². The van der Waals surface area contributed by atoms with Gasteiger partial charge in [0.05, 0.1) is 5.56 Å². The number of alkyl halides is 3. The van der Waals surface area contributed by atoms with E-state index in [-0.39, 0.29) is 0 Å². The summed E-state index contributed by atoms with van der Waals surface area (Å²) >= 11 is 3.90. The molecule has 0 unspecified atom stereocenters. The second kappa shape index (κ2) is 4.21. The average molecular weight is 224 g/mol. The van der Waals surface area contributed by atoms with Crippen molar-refractivity contribution in [2.45, 2.75) is 12.6 Å². The first-order chi connectivity index (χ1) is 6.45. The highest BCUT2D eigenvalue weighted by Crippen LogP contribution is 2.31. The van der Waals surface area contributed by atoms with E-state index in [2.05, 4.69) is 12.6 Å². The Hall–Kier alpha value is -0.710. The molecule has 0 aliphatic carbocycles. The van der Waals surface area contributed by atoms with Crippen molar-refractivity contribution in [2.75, 3.05) is 5.75 Å². The van der Waals surface area contributed by atoms with Gasteiger partial charge in [-0.2, -0.15) is 25.8 Å². The summed E-state index contributed by atoms with van der Waals surface area (Å²) in [6.45, 7) is 0. The smallest absolute Gasteiger partial charge is 0.206 e. The fraction of sp³-hybridized carbons (Fsp3) is 0.333. The maximum absolute atomic E-state index is 12.9. The zero-order valence-corrected chi connectivity index (χ0v) is 8.00. The molecule has 0 atom stereocenters. The van der Waals surface area contributed by atoms with Crippen molar-refractivity contribution in [2.24, 2.45) is 0 Å². The molecule has 0 N–H and O–H groups in total. The van der Waals surface area contributed by atoms with Gasteiger partial charge in [-0.15, -0.1) is 0 Å². The maximum Gasteiger partial charge on any atom is 0.419 e. The minimum Gasteiger partial charge on any atom is -0.206 e. The van der Waals surface area contributed by atoms with E-state index in [4.69, 9.17) is 0 Å². The van der Waals surface area contributed by atoms with E-state index in [9.17, 15) is 17.6 Å². The highest BCUT2D eigenvalue weighted by Gasteiger charge is 2.33. The highest BCUT2D eigenvalue weighted by molar-refractivity contribution is 7.80. The number of benzene rings is 1. The van der Waals surface area contributed by atoms with Gasteiger partial charge >= 0.3 is 6.18 Å². The number of aryl methyl sites for hydroxylation is 1. The molecule has 1 aromatic carbocycles. The van der Waals surface area contributed by atoms with Crippen molar-refractivity contribution < 1.29 is 17.6 Å². The van der Waals surface area contributed by atoms with E-state index in [0.717, 1.165) is 12.1 Å². The van der Waals surface area contributed by atoms with Crippen molar-refractivity contribution in [3.63, 3.8) is 0 Å². The molecule has 0 aliphatic heterocycles. The van der Waals surface area contributed by atoms with Crippen LogP contribution in [-0.4, -0.2) is 5.75 Å². The number of rotatable bonds is 2. The molecule has 0 amide bonds. The van der Waals surface area contributed by atoms with Crippen LogP contribution in [0.15, 0.2) is 18.2 Å². The molecular formula is C9H8F4S. The molecular weight excluding hydrogens is 216 g/mol. The van der Waals surface area contributed by atoms with Gasteiger partial charge < -0.3 is 0 Å². The second-order valence-electron chi connectivity index (χ2n) is 2.79. The van der Waals surface area contributed by atoms with E-state index in [1.807, 2.05) is 0 Å². The summed E-state index contributed by atoms with van der Waals surface area (Å²) in [6.07, 6.45) is -4.16. The normalized spacial score (nSPS) is 11.8. The lowest BCUT2D eigenvalue weighted by Gasteiger charge is -2.08. The van der Waals surface area contributed by atoms with Crippen molar-refractivity contribution in [1.82, 2.24) is 0 Å². The monoisotopic (exact) mass is 224 g/mol. The van der Waals surface area contributed by atoms with Gasteiger partial charge in [-0.3, -0.25) is 0 Å². The predicted molar refractivity (Wildman–Crippen MR) is 49.0 cm³/mol. The highest BCUT2D eigenvalue weighted by atomic mass is 32.1. The Bertz CT molecular complexity index is 319. The number of hydrogen-bond acceptors (Lipinski definition) is 1. The van der Waals surface area contributed by atoms with Crippen molar-refractivity contribution >= 4 is 12.6 Å². The molecule has 78 valence electrons. The molecule has 0 aromatic heterocycles. The summed E-state index contributed by atoms with van der Waals surface area (Å²) < 4.78 is 49.3. The van der Waals surface area contributed by atoms with Gasteiger partial charge in [-0.1, -0.05) is 6.07 Å². The van der Waals surface area contributed by atoms with Crippen LogP contribution in [0.5, 0.6) is 0 Å². The Labute approximate surface area is 84.3 Å². The molecule has 0 radical (unpaired) electrons. The van der Waals surface area contributed by atoms with Crippen LogP contribution >= 0.6 is 12.6 Å². The van der Waals surface area contributed by atoms with Crippen molar-refractivity contribution in [3.8, 4) is 0 Å². The van der Waals surface area contributed by atoms with E-state index in [1.165, 1.54) is 6.07 Å². The maximum atomic E-state index is 12.9. The minimum atomic E-state index is -4.62. The Morgan fingerprint density at radius 1 is 1.21 bits per heavy atom. The summed E-state index contributed by atoms with van der Waals surface area (Å²) in [5.41, 5.74) is -0.703. The summed E-state index contributed by atoms with van der Waals surface area (Å²) in [5.74, 6) is -0.748. The van der Waals surface area contributed by atoms with Crippen molar-refractivity contribution in [3.05, 3.63) is 35.1 Å².